The van der Waals surface area contributed by atoms with Crippen molar-refractivity contribution in [2.24, 2.45) is 0 Å². The molecule has 0 aromatic heterocycles. The second-order valence-electron chi connectivity index (χ2n) is 5.88. The molecule has 0 aromatic rings. The second-order valence-corrected chi connectivity index (χ2v) is 7.72. The molecule has 0 aromatic carbocycles. The number of ether oxygens (including phenoxy) is 1. The second kappa shape index (κ2) is 9.44. The Bertz CT molecular complexity index is 433. The summed E-state index contributed by atoms with van der Waals surface area (Å²) in [5, 5.41) is 0. The van der Waals surface area contributed by atoms with Gasteiger partial charge in [-0.05, 0) is 39.4 Å². The Morgan fingerprint density at radius 2 is 2.00 bits per heavy atom. The van der Waals surface area contributed by atoms with Gasteiger partial charge in [-0.3, -0.25) is 4.79 Å². The molecule has 1 aliphatic heterocycles. The molecule has 0 unspecified atom stereocenters. The summed E-state index contributed by atoms with van der Waals surface area (Å²) in [5.41, 5.74) is 0. The minimum absolute atomic E-state index is 0.0156. The van der Waals surface area contributed by atoms with Gasteiger partial charge in [0.15, 0.2) is 0 Å². The molecule has 7 nitrogen and oxygen atoms in total. The smallest absolute Gasteiger partial charge is 0.224 e. The molecule has 0 bridgehead atoms. The number of likely N-dealkylation sites (tertiary alicyclic amines) is 1. The Hall–Kier alpha value is -0.700. The van der Waals surface area contributed by atoms with E-state index in [0.717, 1.165) is 38.6 Å². The number of methoxy groups -OCH3 is 1. The zero-order chi connectivity index (χ0) is 16.6. The number of nitrogens with one attached hydrogen (secondary N) is 1. The predicted molar refractivity (Wildman–Crippen MR) is 86.2 cm³/mol. The van der Waals surface area contributed by atoms with Gasteiger partial charge < -0.3 is 14.5 Å². The minimum Gasteiger partial charge on any atom is -0.385 e. The van der Waals surface area contributed by atoms with Gasteiger partial charge in [0, 0.05) is 39.3 Å². The number of carbonyl (C=O) groups is 1. The molecule has 1 aliphatic rings. The maximum absolute atomic E-state index is 12.4. The molecule has 0 saturated carbocycles. The number of hydrogen-bond donors (Lipinski definition) is 1. The third-order valence-corrected chi connectivity index (χ3v) is 4.63. The summed E-state index contributed by atoms with van der Waals surface area (Å²) in [5.74, 6) is 0.0156. The van der Waals surface area contributed by atoms with Crippen LogP contribution in [0.2, 0.25) is 0 Å². The highest BCUT2D eigenvalue weighted by Gasteiger charge is 2.26. The number of piperidine rings is 1. The lowest BCUT2D eigenvalue weighted by molar-refractivity contribution is -0.134. The van der Waals surface area contributed by atoms with Crippen molar-refractivity contribution in [1.29, 1.82) is 0 Å². The van der Waals surface area contributed by atoms with Gasteiger partial charge in [0.2, 0.25) is 15.9 Å². The summed E-state index contributed by atoms with van der Waals surface area (Å²) in [6, 6.07) is 0.249. The zero-order valence-electron chi connectivity index (χ0n) is 13.9. The molecule has 8 heteroatoms. The topological polar surface area (TPSA) is 79.0 Å². The van der Waals surface area contributed by atoms with Gasteiger partial charge >= 0.3 is 0 Å². The molecular weight excluding hydrogens is 306 g/mol. The third-order valence-electron chi connectivity index (χ3n) is 3.90. The van der Waals surface area contributed by atoms with Crippen molar-refractivity contribution >= 4 is 15.9 Å². The van der Waals surface area contributed by atoms with E-state index in [9.17, 15) is 13.2 Å². The highest BCUT2D eigenvalue weighted by atomic mass is 32.2. The molecule has 22 heavy (non-hydrogen) atoms. The van der Waals surface area contributed by atoms with Crippen LogP contribution >= 0.6 is 0 Å². The van der Waals surface area contributed by atoms with Crippen molar-refractivity contribution in [2.45, 2.75) is 31.7 Å². The fraction of sp³-hybridized carbons (Fsp3) is 0.929. The van der Waals surface area contributed by atoms with E-state index in [-0.39, 0.29) is 24.9 Å². The van der Waals surface area contributed by atoms with E-state index in [1.54, 1.807) is 7.11 Å². The number of rotatable bonds is 9. The van der Waals surface area contributed by atoms with E-state index in [2.05, 4.69) is 16.7 Å². The molecule has 1 saturated heterocycles. The quantitative estimate of drug-likeness (QED) is 0.595. The lowest BCUT2D eigenvalue weighted by atomic mass is 10.0. The molecule has 1 fully saturated rings. The lowest BCUT2D eigenvalue weighted by Gasteiger charge is -2.37. The van der Waals surface area contributed by atoms with Gasteiger partial charge in [-0.15, -0.1) is 0 Å². The number of hydrogen-bond acceptors (Lipinski definition) is 5. The fourth-order valence-corrected chi connectivity index (χ4v) is 3.16. The molecule has 1 rings (SSSR count). The Balaban J connectivity index is 2.53. The largest absolute Gasteiger partial charge is 0.385 e. The first-order valence-corrected chi connectivity index (χ1v) is 9.64. The van der Waals surface area contributed by atoms with Crippen LogP contribution in [-0.4, -0.2) is 83.4 Å². The van der Waals surface area contributed by atoms with Crippen molar-refractivity contribution < 1.29 is 17.9 Å². The number of nitrogens with zero attached hydrogens (tertiary/aromatic N) is 2. The van der Waals surface area contributed by atoms with Crippen molar-refractivity contribution in [3.63, 3.8) is 0 Å². The van der Waals surface area contributed by atoms with Gasteiger partial charge in [0.1, 0.15) is 0 Å². The first-order chi connectivity index (χ1) is 10.3. The number of carbonyl (C=O) groups excluding carboxylic acids is 1. The summed E-state index contributed by atoms with van der Waals surface area (Å²) in [7, 11) is 0.491. The first kappa shape index (κ1) is 19.3. The SMILES string of the molecule is COCCCN(C(=O)CCNS(C)(=O)=O)C1CCN(C)CC1. The van der Waals surface area contributed by atoms with Crippen LogP contribution in [0.15, 0.2) is 0 Å². The highest BCUT2D eigenvalue weighted by Crippen LogP contribution is 2.17. The third kappa shape index (κ3) is 7.53. The molecule has 0 aliphatic carbocycles. The van der Waals surface area contributed by atoms with Crippen LogP contribution < -0.4 is 4.72 Å². The number of amides is 1. The Kier molecular flexibility index (Phi) is 8.30. The van der Waals surface area contributed by atoms with Gasteiger partial charge in [-0.1, -0.05) is 0 Å². The normalized spacial score (nSPS) is 17.6. The molecule has 1 heterocycles. The van der Waals surface area contributed by atoms with Crippen molar-refractivity contribution in [3.8, 4) is 0 Å². The van der Waals surface area contributed by atoms with Crippen molar-refractivity contribution in [3.05, 3.63) is 0 Å². The standard InChI is InChI=1S/C14H29N3O4S/c1-16-10-6-13(7-11-16)17(9-4-12-21-2)14(18)5-8-15-22(3,19)20/h13,15H,4-12H2,1-3H3. The van der Waals surface area contributed by atoms with Gasteiger partial charge in [0.05, 0.1) is 6.26 Å². The molecular formula is C14H29N3O4S. The van der Waals surface area contributed by atoms with E-state index >= 15 is 0 Å². The Morgan fingerprint density at radius 3 is 2.55 bits per heavy atom. The van der Waals surface area contributed by atoms with Crippen LogP contribution in [0.1, 0.15) is 25.7 Å². The molecule has 130 valence electrons. The summed E-state index contributed by atoms with van der Waals surface area (Å²) in [6.07, 6.45) is 4.04. The predicted octanol–water partition coefficient (Wildman–Crippen LogP) is -0.115. The Labute approximate surface area is 134 Å². The monoisotopic (exact) mass is 335 g/mol. The summed E-state index contributed by atoms with van der Waals surface area (Å²) >= 11 is 0. The first-order valence-electron chi connectivity index (χ1n) is 7.75. The van der Waals surface area contributed by atoms with Gasteiger partial charge in [0.25, 0.3) is 0 Å². The van der Waals surface area contributed by atoms with E-state index < -0.39 is 10.0 Å². The average molecular weight is 335 g/mol. The summed E-state index contributed by atoms with van der Waals surface area (Å²) in [6.45, 7) is 3.42. The summed E-state index contributed by atoms with van der Waals surface area (Å²) < 4.78 is 29.6. The van der Waals surface area contributed by atoms with Crippen LogP contribution in [0.4, 0.5) is 0 Å². The maximum Gasteiger partial charge on any atom is 0.224 e. The van der Waals surface area contributed by atoms with Crippen LogP contribution in [0.5, 0.6) is 0 Å². The average Bonchev–Trinajstić information content (AvgIpc) is 2.43. The van der Waals surface area contributed by atoms with Crippen LogP contribution in [0, 0.1) is 0 Å². The van der Waals surface area contributed by atoms with E-state index in [4.69, 9.17) is 4.74 Å². The zero-order valence-corrected chi connectivity index (χ0v) is 14.7. The lowest BCUT2D eigenvalue weighted by Crippen LogP contribution is -2.47. The maximum atomic E-state index is 12.4. The van der Waals surface area contributed by atoms with Gasteiger partial charge in [-0.2, -0.15) is 0 Å². The minimum atomic E-state index is -3.25. The summed E-state index contributed by atoms with van der Waals surface area (Å²) in [4.78, 5) is 16.6. The van der Waals surface area contributed by atoms with Crippen LogP contribution in [0.3, 0.4) is 0 Å². The van der Waals surface area contributed by atoms with E-state index in [1.165, 1.54) is 0 Å². The van der Waals surface area contributed by atoms with Crippen LogP contribution in [0.25, 0.3) is 0 Å². The van der Waals surface area contributed by atoms with E-state index in [0.29, 0.717) is 13.2 Å². The number of sulfonamides is 1. The Morgan fingerprint density at radius 1 is 1.36 bits per heavy atom. The van der Waals surface area contributed by atoms with Crippen molar-refractivity contribution in [2.75, 3.05) is 53.2 Å². The molecule has 0 spiro atoms. The molecule has 1 amide bonds. The fourth-order valence-electron chi connectivity index (χ4n) is 2.68. The van der Waals surface area contributed by atoms with E-state index in [1.807, 2.05) is 4.90 Å². The van der Waals surface area contributed by atoms with Crippen LogP contribution in [-0.2, 0) is 19.6 Å². The molecule has 0 radical (unpaired) electrons. The van der Waals surface area contributed by atoms with Crippen molar-refractivity contribution in [1.82, 2.24) is 14.5 Å². The molecule has 1 N–H and O–H groups in total. The highest BCUT2D eigenvalue weighted by molar-refractivity contribution is 7.88. The molecule has 0 atom stereocenters. The van der Waals surface area contributed by atoms with Gasteiger partial charge in [-0.25, -0.2) is 13.1 Å².